The molecule has 3 heterocycles. The first-order valence-electron chi connectivity index (χ1n) is 15.3. The summed E-state index contributed by atoms with van der Waals surface area (Å²) in [6, 6.07) is 1.94. The molecule has 4 saturated carbocycles. The van der Waals surface area contributed by atoms with Gasteiger partial charge in [0, 0.05) is 41.9 Å². The van der Waals surface area contributed by atoms with Gasteiger partial charge in [0.25, 0.3) is 0 Å². The highest BCUT2D eigenvalue weighted by Gasteiger charge is 2.90. The van der Waals surface area contributed by atoms with E-state index in [1.54, 1.807) is 26.4 Å². The molecule has 2 N–H and O–H groups in total. The van der Waals surface area contributed by atoms with Gasteiger partial charge < -0.3 is 33.6 Å². The van der Waals surface area contributed by atoms with E-state index in [1.807, 2.05) is 19.9 Å². The number of fused-ring (bicyclic) bond motifs is 1. The Hall–Kier alpha value is -2.27. The van der Waals surface area contributed by atoms with Crippen LogP contribution in [0.25, 0.3) is 0 Å². The Morgan fingerprint density at radius 2 is 1.81 bits per heavy atom. The predicted octanol–water partition coefficient (Wildman–Crippen LogP) is 3.13. The largest absolute Gasteiger partial charge is 0.472 e. The fourth-order valence-electron chi connectivity index (χ4n) is 11.1. The van der Waals surface area contributed by atoms with E-state index in [-0.39, 0.29) is 43.7 Å². The highest BCUT2D eigenvalue weighted by atomic mass is 16.7. The van der Waals surface area contributed by atoms with Gasteiger partial charge in [-0.1, -0.05) is 27.7 Å². The zero-order chi connectivity index (χ0) is 30.2. The fourth-order valence-corrected chi connectivity index (χ4v) is 11.1. The molecule has 0 radical (unpaired) electrons. The molecule has 2 saturated heterocycles. The third-order valence-electron chi connectivity index (χ3n) is 12.8. The average molecular weight is 587 g/mol. The number of hydrogen-bond donors (Lipinski definition) is 2. The van der Waals surface area contributed by atoms with Crippen molar-refractivity contribution in [2.75, 3.05) is 6.61 Å². The Bertz CT molecular complexity index is 1320. The van der Waals surface area contributed by atoms with Crippen LogP contribution in [0, 0.1) is 39.4 Å². The van der Waals surface area contributed by atoms with Gasteiger partial charge in [-0.05, 0) is 43.2 Å². The lowest BCUT2D eigenvalue weighted by molar-refractivity contribution is -0.372. The number of aliphatic hydroxyl groups is 2. The summed E-state index contributed by atoms with van der Waals surface area (Å²) in [7, 11) is 0. The molecule has 7 rings (SSSR count). The molecule has 0 amide bonds. The van der Waals surface area contributed by atoms with Gasteiger partial charge in [-0.2, -0.15) is 0 Å². The molecule has 6 fully saturated rings. The smallest absolute Gasteiger partial charge is 0.310 e. The number of furan rings is 1. The van der Waals surface area contributed by atoms with E-state index < -0.39 is 81.6 Å². The molecule has 230 valence electrons. The maximum absolute atomic E-state index is 14.7. The summed E-state index contributed by atoms with van der Waals surface area (Å²) in [5.41, 5.74) is -3.57. The van der Waals surface area contributed by atoms with E-state index in [0.717, 1.165) is 5.56 Å². The van der Waals surface area contributed by atoms with Crippen molar-refractivity contribution in [3.8, 4) is 0 Å². The molecular formula is C32H42O10. The van der Waals surface area contributed by atoms with Crippen LogP contribution in [0.1, 0.15) is 78.7 Å². The molecule has 4 aliphatic carbocycles. The second-order valence-corrected chi connectivity index (χ2v) is 14.8. The van der Waals surface area contributed by atoms with Crippen LogP contribution >= 0.6 is 0 Å². The van der Waals surface area contributed by atoms with E-state index >= 15 is 0 Å². The van der Waals surface area contributed by atoms with E-state index in [1.165, 1.54) is 6.92 Å². The molecule has 1 aromatic heterocycles. The number of epoxide rings is 1. The number of ketones is 1. The van der Waals surface area contributed by atoms with Crippen LogP contribution in [-0.2, 0) is 33.3 Å². The van der Waals surface area contributed by atoms with Gasteiger partial charge >= 0.3 is 11.9 Å². The molecular weight excluding hydrogens is 544 g/mol. The second-order valence-electron chi connectivity index (χ2n) is 14.8. The Kier molecular flexibility index (Phi) is 5.88. The standard InChI is InChI=1S/C32H42O10/c1-15(2)26(37)41-27-29(5)20-10-21(35)30(6)25(31(20,14-39-27)22(36)11-23(29)40-16(3)33)19(34)12-28(4)18(17-7-8-38-13-17)9-24-32(28,30)42-24/h7-8,13,15,18,20-25,27,35-36H,9-12,14H2,1-6H3/t18-,20-,21+,22-,23+,24+,25?,27+,28-,29+,30+,31+,32+/m0/s1. The zero-order valence-electron chi connectivity index (χ0n) is 25.1. The van der Waals surface area contributed by atoms with Crippen molar-refractivity contribution in [1.82, 2.24) is 0 Å². The molecule has 2 aliphatic heterocycles. The Morgan fingerprint density at radius 1 is 1.07 bits per heavy atom. The van der Waals surface area contributed by atoms with Crippen LogP contribution in [0.3, 0.4) is 0 Å². The van der Waals surface area contributed by atoms with Gasteiger partial charge in [0.15, 0.2) is 0 Å². The van der Waals surface area contributed by atoms with Crippen molar-refractivity contribution >= 4 is 17.7 Å². The maximum Gasteiger partial charge on any atom is 0.310 e. The lowest BCUT2D eigenvalue weighted by Gasteiger charge is -2.72. The van der Waals surface area contributed by atoms with Crippen LogP contribution in [-0.4, -0.2) is 70.8 Å². The van der Waals surface area contributed by atoms with E-state index in [4.69, 9.17) is 23.4 Å². The second kappa shape index (κ2) is 8.67. The monoisotopic (exact) mass is 586 g/mol. The Labute approximate surface area is 245 Å². The zero-order valence-corrected chi connectivity index (χ0v) is 25.1. The predicted molar refractivity (Wildman–Crippen MR) is 144 cm³/mol. The third kappa shape index (κ3) is 3.07. The summed E-state index contributed by atoms with van der Waals surface area (Å²) in [4.78, 5) is 39.8. The molecule has 1 unspecified atom stereocenters. The fraction of sp³-hybridized carbons (Fsp3) is 0.781. The average Bonchev–Trinajstić information content (AvgIpc) is 3.27. The van der Waals surface area contributed by atoms with Crippen LogP contribution in [0.2, 0.25) is 0 Å². The van der Waals surface area contributed by atoms with Gasteiger partial charge in [-0.15, -0.1) is 0 Å². The van der Waals surface area contributed by atoms with Crippen molar-refractivity contribution in [2.24, 2.45) is 39.4 Å². The molecule has 10 heteroatoms. The topological polar surface area (TPSA) is 145 Å². The number of aliphatic hydroxyl groups excluding tert-OH is 2. The minimum atomic E-state index is -1.12. The minimum Gasteiger partial charge on any atom is -0.472 e. The Morgan fingerprint density at radius 3 is 2.45 bits per heavy atom. The molecule has 0 aromatic carbocycles. The summed E-state index contributed by atoms with van der Waals surface area (Å²) < 4.78 is 30.1. The van der Waals surface area contributed by atoms with Gasteiger partial charge in [0.2, 0.25) is 6.29 Å². The number of carbonyl (C=O) groups is 3. The number of ether oxygens (including phenoxy) is 4. The summed E-state index contributed by atoms with van der Waals surface area (Å²) in [5, 5.41) is 24.3. The number of hydrogen-bond acceptors (Lipinski definition) is 10. The number of rotatable bonds is 4. The van der Waals surface area contributed by atoms with E-state index in [0.29, 0.717) is 6.42 Å². The SMILES string of the molecule is CC(=O)O[C@@H]1C[C@H](O)[C@@]23CO[C@H](OC(=O)C(C)C)[C@]1(C)[C@@H]2C[C@@H](O)[C@]1(C)C3C(=O)C[C@@]2(C)[C@H](c3ccoc3)C[C@H]3O[C@]321. The number of esters is 2. The van der Waals surface area contributed by atoms with Crippen molar-refractivity contribution in [2.45, 2.75) is 109 Å². The van der Waals surface area contributed by atoms with Crippen molar-refractivity contribution in [3.05, 3.63) is 24.2 Å². The molecule has 1 aromatic rings. The molecule has 13 atom stereocenters. The first kappa shape index (κ1) is 28.5. The van der Waals surface area contributed by atoms with Crippen molar-refractivity contribution in [3.63, 3.8) is 0 Å². The summed E-state index contributed by atoms with van der Waals surface area (Å²) in [6.45, 7) is 10.6. The summed E-state index contributed by atoms with van der Waals surface area (Å²) in [6.07, 6.45) is 0.474. The molecule has 2 bridgehead atoms. The third-order valence-corrected chi connectivity index (χ3v) is 12.8. The minimum absolute atomic E-state index is 0.0245. The lowest BCUT2D eigenvalue weighted by atomic mass is 9.33. The summed E-state index contributed by atoms with van der Waals surface area (Å²) >= 11 is 0. The molecule has 10 nitrogen and oxygen atoms in total. The van der Waals surface area contributed by atoms with Crippen molar-refractivity contribution in [1.29, 1.82) is 0 Å². The van der Waals surface area contributed by atoms with Gasteiger partial charge in [-0.25, -0.2) is 0 Å². The van der Waals surface area contributed by atoms with E-state index in [2.05, 4.69) is 6.92 Å². The van der Waals surface area contributed by atoms with E-state index in [9.17, 15) is 24.6 Å². The van der Waals surface area contributed by atoms with Gasteiger partial charge in [0.1, 0.15) is 17.5 Å². The summed E-state index contributed by atoms with van der Waals surface area (Å²) in [5.74, 6) is -2.75. The Balaban J connectivity index is 1.36. The first-order chi connectivity index (χ1) is 19.7. The van der Waals surface area contributed by atoms with Crippen LogP contribution in [0.5, 0.6) is 0 Å². The van der Waals surface area contributed by atoms with Crippen LogP contribution in [0.15, 0.2) is 23.0 Å². The van der Waals surface area contributed by atoms with Gasteiger partial charge in [-0.3, -0.25) is 14.4 Å². The maximum atomic E-state index is 14.7. The molecule has 1 spiro atoms. The molecule has 42 heavy (non-hydrogen) atoms. The number of Topliss-reactive ketones (excluding diaryl/α,β-unsaturated/α-hetero) is 1. The lowest BCUT2D eigenvalue weighted by Crippen LogP contribution is -2.80. The number of carbonyl (C=O) groups excluding carboxylic acids is 3. The quantitative estimate of drug-likeness (QED) is 0.399. The first-order valence-corrected chi connectivity index (χ1v) is 15.3. The van der Waals surface area contributed by atoms with Crippen molar-refractivity contribution < 1.29 is 48.0 Å². The van der Waals surface area contributed by atoms with Crippen LogP contribution in [0.4, 0.5) is 0 Å². The van der Waals surface area contributed by atoms with Crippen LogP contribution < -0.4 is 0 Å². The van der Waals surface area contributed by atoms with Gasteiger partial charge in [0.05, 0.1) is 48.8 Å². The normalized spacial score (nSPS) is 52.1. The highest BCUT2D eigenvalue weighted by Crippen LogP contribution is 2.82. The highest BCUT2D eigenvalue weighted by molar-refractivity contribution is 5.87. The molecule has 6 aliphatic rings.